The summed E-state index contributed by atoms with van der Waals surface area (Å²) >= 11 is 1.84. The molecule has 0 aliphatic carbocycles. The van der Waals surface area contributed by atoms with E-state index in [1.165, 1.54) is 5.92 Å². The molecule has 0 aliphatic heterocycles. The Morgan fingerprint density at radius 1 is 1.07 bits per heavy atom. The summed E-state index contributed by atoms with van der Waals surface area (Å²) in [6, 6.07) is 0. The Hall–Kier alpha value is -0.300. The van der Waals surface area contributed by atoms with Crippen molar-refractivity contribution in [2.75, 3.05) is 11.5 Å². The minimum atomic E-state index is -4.33. The maximum Gasteiger partial charge on any atom is 0.457 e. The molecule has 0 saturated carbocycles. The molecule has 87 valence electrons. The molecule has 0 rings (SSSR count). The fourth-order valence-corrected chi connectivity index (χ4v) is 1.78. The average Bonchev–Trinajstić information content (AvgIpc) is 2.14. The summed E-state index contributed by atoms with van der Waals surface area (Å²) in [5.41, 5.74) is 0. The molecule has 0 heterocycles. The SMILES string of the molecule is [CH2]CCSCCCCCC#CC(F)(F)F. The molecule has 4 heteroatoms. The molecule has 0 atom stereocenters. The van der Waals surface area contributed by atoms with Crippen molar-refractivity contribution in [2.24, 2.45) is 0 Å². The van der Waals surface area contributed by atoms with Gasteiger partial charge in [0.25, 0.3) is 0 Å². The Balaban J connectivity index is 3.21. The van der Waals surface area contributed by atoms with Gasteiger partial charge in [0.2, 0.25) is 0 Å². The minimum Gasteiger partial charge on any atom is -0.162 e. The first-order valence-corrected chi connectivity index (χ1v) is 6.15. The smallest absolute Gasteiger partial charge is 0.162 e. The highest BCUT2D eigenvalue weighted by Gasteiger charge is 2.22. The molecule has 1 radical (unpaired) electrons. The molecule has 0 aromatic heterocycles. The van der Waals surface area contributed by atoms with Crippen molar-refractivity contribution in [3.05, 3.63) is 6.92 Å². The van der Waals surface area contributed by atoms with Gasteiger partial charge in [-0.25, -0.2) is 0 Å². The van der Waals surface area contributed by atoms with Crippen LogP contribution in [0, 0.1) is 18.8 Å². The van der Waals surface area contributed by atoms with Gasteiger partial charge in [-0.15, -0.1) is 0 Å². The Morgan fingerprint density at radius 3 is 2.40 bits per heavy atom. The lowest BCUT2D eigenvalue weighted by Gasteiger charge is -1.98. The number of hydrogen-bond acceptors (Lipinski definition) is 1. The van der Waals surface area contributed by atoms with E-state index in [4.69, 9.17) is 0 Å². The van der Waals surface area contributed by atoms with Gasteiger partial charge in [-0.05, 0) is 30.8 Å². The summed E-state index contributed by atoms with van der Waals surface area (Å²) in [6.45, 7) is 3.72. The molecule has 15 heavy (non-hydrogen) atoms. The lowest BCUT2D eigenvalue weighted by molar-refractivity contribution is -0.0697. The van der Waals surface area contributed by atoms with Crippen molar-refractivity contribution in [3.8, 4) is 11.8 Å². The first kappa shape index (κ1) is 14.7. The second-order valence-corrected chi connectivity index (χ2v) is 4.30. The zero-order chi connectivity index (χ0) is 11.6. The van der Waals surface area contributed by atoms with Crippen LogP contribution in [0.15, 0.2) is 0 Å². The van der Waals surface area contributed by atoms with E-state index >= 15 is 0 Å². The Morgan fingerprint density at radius 2 is 1.80 bits per heavy atom. The van der Waals surface area contributed by atoms with Crippen LogP contribution in [0.2, 0.25) is 0 Å². The van der Waals surface area contributed by atoms with Gasteiger partial charge in [-0.2, -0.15) is 24.9 Å². The quantitative estimate of drug-likeness (QED) is 0.475. The summed E-state index contributed by atoms with van der Waals surface area (Å²) in [7, 11) is 0. The molecule has 0 unspecified atom stereocenters. The monoisotopic (exact) mass is 237 g/mol. The van der Waals surface area contributed by atoms with Crippen molar-refractivity contribution in [1.29, 1.82) is 0 Å². The van der Waals surface area contributed by atoms with Gasteiger partial charge >= 0.3 is 6.18 Å². The van der Waals surface area contributed by atoms with Crippen molar-refractivity contribution in [1.82, 2.24) is 0 Å². The molecule has 0 saturated heterocycles. The van der Waals surface area contributed by atoms with Gasteiger partial charge in [0.1, 0.15) is 0 Å². The highest BCUT2D eigenvalue weighted by molar-refractivity contribution is 7.99. The van der Waals surface area contributed by atoms with E-state index < -0.39 is 6.18 Å². The fourth-order valence-electron chi connectivity index (χ4n) is 0.961. The van der Waals surface area contributed by atoms with Crippen LogP contribution in [0.5, 0.6) is 0 Å². The van der Waals surface area contributed by atoms with E-state index in [1.807, 2.05) is 11.8 Å². The van der Waals surface area contributed by atoms with E-state index in [9.17, 15) is 13.2 Å². The molecule has 0 bridgehead atoms. The van der Waals surface area contributed by atoms with E-state index in [0.29, 0.717) is 6.42 Å². The highest BCUT2D eigenvalue weighted by Crippen LogP contribution is 2.12. The van der Waals surface area contributed by atoms with Crippen LogP contribution >= 0.6 is 11.8 Å². The molecule has 0 fully saturated rings. The standard InChI is InChI=1S/C11H16F3S/c1-2-9-15-10-7-5-3-4-6-8-11(12,13)14/h1-5,7,9-10H2. The van der Waals surface area contributed by atoms with Crippen molar-refractivity contribution in [3.63, 3.8) is 0 Å². The van der Waals surface area contributed by atoms with E-state index in [-0.39, 0.29) is 0 Å². The van der Waals surface area contributed by atoms with Crippen molar-refractivity contribution >= 4 is 11.8 Å². The van der Waals surface area contributed by atoms with Crippen LogP contribution in [0.3, 0.4) is 0 Å². The van der Waals surface area contributed by atoms with Gasteiger partial charge in [0.05, 0.1) is 0 Å². The van der Waals surface area contributed by atoms with Crippen LogP contribution in [0.4, 0.5) is 13.2 Å². The zero-order valence-corrected chi connectivity index (χ0v) is 9.52. The van der Waals surface area contributed by atoms with Crippen LogP contribution in [-0.2, 0) is 0 Å². The molecule has 0 aromatic rings. The van der Waals surface area contributed by atoms with Crippen LogP contribution in [-0.4, -0.2) is 17.7 Å². The molecule has 0 spiro atoms. The molecule has 0 nitrogen and oxygen atoms in total. The first-order valence-electron chi connectivity index (χ1n) is 5.00. The number of rotatable bonds is 7. The largest absolute Gasteiger partial charge is 0.457 e. The summed E-state index contributed by atoms with van der Waals surface area (Å²) in [5.74, 6) is 5.54. The van der Waals surface area contributed by atoms with Crippen LogP contribution in [0.1, 0.15) is 32.1 Å². The molecular formula is C11H16F3S. The normalized spacial score (nSPS) is 10.9. The van der Waals surface area contributed by atoms with Crippen LogP contribution < -0.4 is 0 Å². The molecule has 0 aromatic carbocycles. The lowest BCUT2D eigenvalue weighted by Crippen LogP contribution is -2.01. The summed E-state index contributed by atoms with van der Waals surface area (Å²) in [6.07, 6.45) is -0.283. The molecule has 0 N–H and O–H groups in total. The number of unbranched alkanes of at least 4 members (excludes halogenated alkanes) is 3. The number of hydrogen-bond donors (Lipinski definition) is 0. The van der Waals surface area contributed by atoms with Gasteiger partial charge in [0.15, 0.2) is 0 Å². The number of alkyl halides is 3. The number of halogens is 3. The fraction of sp³-hybridized carbons (Fsp3) is 0.727. The van der Waals surface area contributed by atoms with Gasteiger partial charge in [0, 0.05) is 12.3 Å². The predicted molar refractivity (Wildman–Crippen MR) is 59.6 cm³/mol. The number of thioether (sulfide) groups is 1. The summed E-state index contributed by atoms with van der Waals surface area (Å²) in [5, 5.41) is 0. The summed E-state index contributed by atoms with van der Waals surface area (Å²) in [4.78, 5) is 0. The van der Waals surface area contributed by atoms with E-state index in [2.05, 4.69) is 12.8 Å². The molecule has 0 aliphatic rings. The maximum absolute atomic E-state index is 11.6. The second-order valence-electron chi connectivity index (χ2n) is 3.08. The van der Waals surface area contributed by atoms with Crippen molar-refractivity contribution < 1.29 is 13.2 Å². The third-order valence-corrected chi connectivity index (χ3v) is 2.76. The predicted octanol–water partition coefficient (Wildman–Crippen LogP) is 4.07. The Bertz CT molecular complexity index is 200. The van der Waals surface area contributed by atoms with E-state index in [1.54, 1.807) is 0 Å². The maximum atomic E-state index is 11.6. The average molecular weight is 237 g/mol. The van der Waals surface area contributed by atoms with Gasteiger partial charge < -0.3 is 0 Å². The Labute approximate surface area is 94.0 Å². The minimum absolute atomic E-state index is 0.347. The Kier molecular flexibility index (Phi) is 8.79. The second kappa shape index (κ2) is 8.96. The van der Waals surface area contributed by atoms with E-state index in [0.717, 1.165) is 37.2 Å². The van der Waals surface area contributed by atoms with Crippen LogP contribution in [0.25, 0.3) is 0 Å². The summed E-state index contributed by atoms with van der Waals surface area (Å²) < 4.78 is 34.8. The van der Waals surface area contributed by atoms with Gasteiger partial charge in [-0.3, -0.25) is 0 Å². The zero-order valence-electron chi connectivity index (χ0n) is 8.70. The van der Waals surface area contributed by atoms with Crippen molar-refractivity contribution in [2.45, 2.75) is 38.3 Å². The topological polar surface area (TPSA) is 0 Å². The molecule has 0 amide bonds. The first-order chi connectivity index (χ1) is 7.06. The third-order valence-electron chi connectivity index (χ3n) is 1.61. The molecular weight excluding hydrogens is 221 g/mol. The lowest BCUT2D eigenvalue weighted by atomic mass is 10.2. The third kappa shape index (κ3) is 13.7. The highest BCUT2D eigenvalue weighted by atomic mass is 32.2. The van der Waals surface area contributed by atoms with Gasteiger partial charge in [-0.1, -0.05) is 19.3 Å².